The third kappa shape index (κ3) is 2.10. The van der Waals surface area contributed by atoms with E-state index in [4.69, 9.17) is 9.47 Å². The van der Waals surface area contributed by atoms with Crippen LogP contribution in [-0.4, -0.2) is 20.8 Å². The molecule has 2 rings (SSSR count). The van der Waals surface area contributed by atoms with E-state index in [1.807, 2.05) is 6.08 Å². The minimum absolute atomic E-state index is 0.0606. The Morgan fingerprint density at radius 3 is 2.61 bits per heavy atom. The van der Waals surface area contributed by atoms with Gasteiger partial charge in [-0.2, -0.15) is 0 Å². The van der Waals surface area contributed by atoms with Gasteiger partial charge in [-0.1, -0.05) is 6.08 Å². The number of rotatable bonds is 4. The molecule has 1 aromatic rings. The summed E-state index contributed by atoms with van der Waals surface area (Å²) in [6.45, 7) is 7.04. The molecule has 0 unspecified atom stereocenters. The zero-order valence-electron chi connectivity index (χ0n) is 11.4. The first-order valence-electron chi connectivity index (χ1n) is 6.26. The van der Waals surface area contributed by atoms with Gasteiger partial charge in [-0.05, 0) is 43.0 Å². The van der Waals surface area contributed by atoms with E-state index in [0.717, 1.165) is 30.9 Å². The molecule has 1 heterocycles. The van der Waals surface area contributed by atoms with Gasteiger partial charge in [0.1, 0.15) is 0 Å². The van der Waals surface area contributed by atoms with Gasteiger partial charge >= 0.3 is 0 Å². The van der Waals surface area contributed by atoms with Crippen molar-refractivity contribution < 1.29 is 9.47 Å². The van der Waals surface area contributed by atoms with Gasteiger partial charge in [0.05, 0.1) is 14.2 Å². The summed E-state index contributed by atoms with van der Waals surface area (Å²) >= 11 is 0. The summed E-state index contributed by atoms with van der Waals surface area (Å²) in [5.41, 5.74) is 2.55. The lowest BCUT2D eigenvalue weighted by molar-refractivity contribution is 0.333. The van der Waals surface area contributed by atoms with Gasteiger partial charge in [-0.25, -0.2) is 0 Å². The molecule has 0 aliphatic carbocycles. The van der Waals surface area contributed by atoms with Crippen LogP contribution in [0.25, 0.3) is 0 Å². The highest BCUT2D eigenvalue weighted by atomic mass is 16.5. The maximum absolute atomic E-state index is 5.40. The Balaban J connectivity index is 2.53. The van der Waals surface area contributed by atoms with Gasteiger partial charge in [-0.3, -0.25) is 0 Å². The van der Waals surface area contributed by atoms with Gasteiger partial charge in [0.2, 0.25) is 0 Å². The van der Waals surface area contributed by atoms with Crippen molar-refractivity contribution >= 4 is 0 Å². The van der Waals surface area contributed by atoms with E-state index < -0.39 is 0 Å². The van der Waals surface area contributed by atoms with Crippen LogP contribution in [-0.2, 0) is 12.0 Å². The fourth-order valence-corrected chi connectivity index (χ4v) is 2.68. The van der Waals surface area contributed by atoms with E-state index in [1.54, 1.807) is 14.2 Å². The first kappa shape index (κ1) is 13.0. The van der Waals surface area contributed by atoms with E-state index in [2.05, 4.69) is 31.0 Å². The molecule has 3 nitrogen and oxygen atoms in total. The van der Waals surface area contributed by atoms with Crippen molar-refractivity contribution in [1.82, 2.24) is 5.32 Å². The summed E-state index contributed by atoms with van der Waals surface area (Å²) < 4.78 is 10.8. The highest BCUT2D eigenvalue weighted by Gasteiger charge is 2.31. The molecule has 1 aliphatic heterocycles. The molecule has 0 saturated carbocycles. The number of ether oxygens (including phenoxy) is 2. The smallest absolute Gasteiger partial charge is 0.161 e. The van der Waals surface area contributed by atoms with Crippen LogP contribution < -0.4 is 14.8 Å². The molecule has 98 valence electrons. The summed E-state index contributed by atoms with van der Waals surface area (Å²) in [6, 6.07) is 4.18. The van der Waals surface area contributed by atoms with Crippen molar-refractivity contribution in [3.05, 3.63) is 35.9 Å². The Labute approximate surface area is 109 Å². The molecular weight excluding hydrogens is 226 g/mol. The van der Waals surface area contributed by atoms with Crippen LogP contribution in [0.1, 0.15) is 24.5 Å². The van der Waals surface area contributed by atoms with Crippen molar-refractivity contribution in [3.63, 3.8) is 0 Å². The Hall–Kier alpha value is -1.48. The predicted molar refractivity (Wildman–Crippen MR) is 73.4 cm³/mol. The lowest BCUT2D eigenvalue weighted by atomic mass is 9.81. The van der Waals surface area contributed by atoms with E-state index >= 15 is 0 Å². The molecule has 1 aromatic carbocycles. The second-order valence-corrected chi connectivity index (χ2v) is 4.87. The second-order valence-electron chi connectivity index (χ2n) is 4.87. The van der Waals surface area contributed by atoms with Gasteiger partial charge in [-0.15, -0.1) is 6.58 Å². The van der Waals surface area contributed by atoms with E-state index in [9.17, 15) is 0 Å². The molecule has 0 amide bonds. The highest BCUT2D eigenvalue weighted by molar-refractivity contribution is 5.50. The van der Waals surface area contributed by atoms with Crippen LogP contribution in [0.4, 0.5) is 0 Å². The molecule has 1 aliphatic rings. The van der Waals surface area contributed by atoms with Crippen LogP contribution in [0.2, 0.25) is 0 Å². The normalized spacial score (nSPS) is 22.2. The van der Waals surface area contributed by atoms with Crippen molar-refractivity contribution in [2.75, 3.05) is 20.8 Å². The molecule has 0 saturated heterocycles. The van der Waals surface area contributed by atoms with Crippen LogP contribution in [0, 0.1) is 0 Å². The Morgan fingerprint density at radius 1 is 1.33 bits per heavy atom. The largest absolute Gasteiger partial charge is 0.493 e. The topological polar surface area (TPSA) is 30.5 Å². The van der Waals surface area contributed by atoms with E-state index in [0.29, 0.717) is 0 Å². The number of hydrogen-bond donors (Lipinski definition) is 1. The molecule has 0 radical (unpaired) electrons. The molecule has 0 spiro atoms. The van der Waals surface area contributed by atoms with Crippen LogP contribution in [0.15, 0.2) is 24.8 Å². The molecule has 1 atom stereocenters. The number of fused-ring (bicyclic) bond motifs is 1. The Kier molecular flexibility index (Phi) is 3.62. The standard InChI is InChI=1S/C15H21NO2/c1-5-7-15(2)12-10-14(18-4)13(17-3)9-11(12)6-8-16-15/h5,9-10,16H,1,6-8H2,2-4H3/t15-/m0/s1. The van der Waals surface area contributed by atoms with E-state index in [-0.39, 0.29) is 5.54 Å². The fraction of sp³-hybridized carbons (Fsp3) is 0.467. The molecular formula is C15H21NO2. The highest BCUT2D eigenvalue weighted by Crippen LogP contribution is 2.38. The molecule has 18 heavy (non-hydrogen) atoms. The number of nitrogens with one attached hydrogen (secondary N) is 1. The lowest BCUT2D eigenvalue weighted by Crippen LogP contribution is -2.44. The molecule has 3 heteroatoms. The predicted octanol–water partition coefficient (Wildman–Crippen LogP) is 2.64. The zero-order valence-corrected chi connectivity index (χ0v) is 11.4. The van der Waals surface area contributed by atoms with Crippen LogP contribution in [0.5, 0.6) is 11.5 Å². The SMILES string of the molecule is C=CC[C@]1(C)NCCc2cc(OC)c(OC)cc21. The van der Waals surface area contributed by atoms with Crippen LogP contribution >= 0.6 is 0 Å². The average Bonchev–Trinajstić information content (AvgIpc) is 2.38. The third-order valence-corrected chi connectivity index (χ3v) is 3.67. The van der Waals surface area contributed by atoms with E-state index in [1.165, 1.54) is 11.1 Å². The van der Waals surface area contributed by atoms with Gasteiger partial charge < -0.3 is 14.8 Å². The van der Waals surface area contributed by atoms with Crippen molar-refractivity contribution in [1.29, 1.82) is 0 Å². The van der Waals surface area contributed by atoms with Crippen molar-refractivity contribution in [2.45, 2.75) is 25.3 Å². The lowest BCUT2D eigenvalue weighted by Gasteiger charge is -2.37. The number of hydrogen-bond acceptors (Lipinski definition) is 3. The number of benzene rings is 1. The molecule has 0 aromatic heterocycles. The maximum atomic E-state index is 5.40. The monoisotopic (exact) mass is 247 g/mol. The summed E-state index contributed by atoms with van der Waals surface area (Å²) in [4.78, 5) is 0. The summed E-state index contributed by atoms with van der Waals surface area (Å²) in [7, 11) is 3.35. The summed E-state index contributed by atoms with van der Waals surface area (Å²) in [5.74, 6) is 1.59. The number of methoxy groups -OCH3 is 2. The first-order valence-corrected chi connectivity index (χ1v) is 6.26. The Morgan fingerprint density at radius 2 is 2.00 bits per heavy atom. The fourth-order valence-electron chi connectivity index (χ4n) is 2.68. The minimum Gasteiger partial charge on any atom is -0.493 e. The van der Waals surface area contributed by atoms with Gasteiger partial charge in [0.25, 0.3) is 0 Å². The molecule has 0 fully saturated rings. The van der Waals surface area contributed by atoms with Gasteiger partial charge in [0, 0.05) is 12.1 Å². The van der Waals surface area contributed by atoms with Crippen molar-refractivity contribution in [2.24, 2.45) is 0 Å². The first-order chi connectivity index (χ1) is 8.64. The second kappa shape index (κ2) is 5.02. The summed E-state index contributed by atoms with van der Waals surface area (Å²) in [5, 5.41) is 3.57. The maximum Gasteiger partial charge on any atom is 0.161 e. The van der Waals surface area contributed by atoms with Gasteiger partial charge in [0.15, 0.2) is 11.5 Å². The van der Waals surface area contributed by atoms with Crippen LogP contribution in [0.3, 0.4) is 0 Å². The Bertz CT molecular complexity index is 456. The average molecular weight is 247 g/mol. The molecule has 0 bridgehead atoms. The van der Waals surface area contributed by atoms with Crippen molar-refractivity contribution in [3.8, 4) is 11.5 Å². The summed E-state index contributed by atoms with van der Waals surface area (Å²) in [6.07, 6.45) is 3.87. The third-order valence-electron chi connectivity index (χ3n) is 3.67. The quantitative estimate of drug-likeness (QED) is 0.830. The minimum atomic E-state index is -0.0606. The molecule has 1 N–H and O–H groups in total. The zero-order chi connectivity index (χ0) is 13.2.